The maximum Gasteiger partial charge on any atom is 0.405 e. The van der Waals surface area contributed by atoms with E-state index in [0.29, 0.717) is 52.4 Å². The highest BCUT2D eigenvalue weighted by atomic mass is 35.5. The highest BCUT2D eigenvalue weighted by Crippen LogP contribution is 2.52. The highest BCUT2D eigenvalue weighted by Gasteiger charge is 2.38. The number of imidazole rings is 1. The monoisotopic (exact) mass is 621 g/mol. The van der Waals surface area contributed by atoms with Crippen LogP contribution in [0.3, 0.4) is 0 Å². The maximum atomic E-state index is 14.2. The second-order valence-electron chi connectivity index (χ2n) is 9.14. The zero-order chi connectivity index (χ0) is 28.0. The summed E-state index contributed by atoms with van der Waals surface area (Å²) in [5.41, 5.74) is 8.01. The van der Waals surface area contributed by atoms with Crippen molar-refractivity contribution in [3.8, 4) is 5.75 Å². The molecule has 5 rings (SSSR count). The number of nitrogens with two attached hydrogens (primary N) is 1. The molecule has 2 N–H and O–H groups in total. The van der Waals surface area contributed by atoms with Crippen LogP contribution in [0.25, 0.3) is 11.2 Å². The number of halogens is 1. The number of nitrogens with zero attached hydrogens (tertiary/aromatic N) is 4. The number of nitrogen functional groups attached to an aromatic ring is 1. The van der Waals surface area contributed by atoms with E-state index in [1.807, 2.05) is 54.0 Å². The Hall–Kier alpha value is -2.31. The fourth-order valence-corrected chi connectivity index (χ4v) is 8.31. The van der Waals surface area contributed by atoms with Gasteiger partial charge in [0.05, 0.1) is 31.7 Å². The molecule has 212 valence electrons. The van der Waals surface area contributed by atoms with Gasteiger partial charge in [-0.15, -0.1) is 0 Å². The summed E-state index contributed by atoms with van der Waals surface area (Å²) in [6.07, 6.45) is 1.68. The smallest absolute Gasteiger partial charge is 0.405 e. The molecule has 1 aliphatic heterocycles. The summed E-state index contributed by atoms with van der Waals surface area (Å²) in [7, 11) is -0.413. The standard InChI is InChI=1S/C26H29ClN5O5PS2/c1-18(11-32-16-31-24-25(28)29-15-30-26(24)32)35-17-38(33,36-21-5-3-2-4-6-21)37-23-14-40-39-13-22(23)34-12-19-7-9-20(27)10-8-19/h2-10,15-16,18,22-23H,11-14,17H2,1H3,(H2,28,29,30)/t18-,22+,23+,38?/m1/s1. The van der Waals surface area contributed by atoms with E-state index in [0.717, 1.165) is 5.56 Å². The lowest BCUT2D eigenvalue weighted by atomic mass is 10.2. The molecule has 40 heavy (non-hydrogen) atoms. The van der Waals surface area contributed by atoms with E-state index >= 15 is 0 Å². The fraction of sp³-hybridized carbons (Fsp3) is 0.346. The third kappa shape index (κ3) is 7.70. The Kier molecular flexibility index (Phi) is 9.90. The molecular formula is C26H29ClN5O5PS2. The molecule has 4 aromatic rings. The number of para-hydroxylation sites is 1. The van der Waals surface area contributed by atoms with E-state index in [1.54, 1.807) is 40.0 Å². The van der Waals surface area contributed by atoms with Crippen LogP contribution in [0.4, 0.5) is 5.82 Å². The molecule has 4 atom stereocenters. The van der Waals surface area contributed by atoms with Gasteiger partial charge in [0.2, 0.25) is 0 Å². The zero-order valence-corrected chi connectivity index (χ0v) is 25.0. The molecule has 0 radical (unpaired) electrons. The zero-order valence-electron chi connectivity index (χ0n) is 21.7. The molecule has 0 spiro atoms. The van der Waals surface area contributed by atoms with Gasteiger partial charge in [0.15, 0.2) is 17.8 Å². The average Bonchev–Trinajstić information content (AvgIpc) is 3.37. The van der Waals surface area contributed by atoms with Gasteiger partial charge in [0.25, 0.3) is 0 Å². The molecule has 0 saturated carbocycles. The summed E-state index contributed by atoms with van der Waals surface area (Å²) >= 11 is 6.01. The first-order valence-corrected chi connectivity index (χ1v) is 17.1. The number of aromatic nitrogens is 4. The summed E-state index contributed by atoms with van der Waals surface area (Å²) in [5, 5.41) is 0.668. The van der Waals surface area contributed by atoms with Crippen molar-refractivity contribution in [2.24, 2.45) is 0 Å². The molecule has 2 aromatic heterocycles. The molecule has 3 heterocycles. The first kappa shape index (κ1) is 29.2. The van der Waals surface area contributed by atoms with E-state index in [-0.39, 0.29) is 18.6 Å². The number of rotatable bonds is 12. The van der Waals surface area contributed by atoms with Gasteiger partial charge >= 0.3 is 7.60 Å². The molecule has 0 aliphatic carbocycles. The first-order valence-electron chi connectivity index (χ1n) is 12.5. The van der Waals surface area contributed by atoms with Crippen LogP contribution in [-0.4, -0.2) is 55.7 Å². The van der Waals surface area contributed by atoms with Gasteiger partial charge in [-0.05, 0) is 36.8 Å². The number of anilines is 1. The molecular weight excluding hydrogens is 593 g/mol. The Morgan fingerprint density at radius 2 is 1.82 bits per heavy atom. The van der Waals surface area contributed by atoms with Crippen LogP contribution >= 0.6 is 40.8 Å². The van der Waals surface area contributed by atoms with Crippen molar-refractivity contribution in [1.82, 2.24) is 19.5 Å². The average molecular weight is 622 g/mol. The predicted molar refractivity (Wildman–Crippen MR) is 160 cm³/mol. The molecule has 0 amide bonds. The molecule has 10 nitrogen and oxygen atoms in total. The number of hydrogen-bond donors (Lipinski definition) is 1. The lowest BCUT2D eigenvalue weighted by Gasteiger charge is -2.33. The van der Waals surface area contributed by atoms with Crippen LogP contribution in [0.15, 0.2) is 67.3 Å². The van der Waals surface area contributed by atoms with Gasteiger partial charge < -0.3 is 24.3 Å². The van der Waals surface area contributed by atoms with Crippen LogP contribution in [0.2, 0.25) is 5.02 Å². The van der Waals surface area contributed by atoms with Crippen molar-refractivity contribution in [3.05, 3.63) is 77.8 Å². The second-order valence-corrected chi connectivity index (χ2v) is 14.0. The molecule has 14 heteroatoms. The van der Waals surface area contributed by atoms with Gasteiger partial charge in [-0.3, -0.25) is 4.52 Å². The van der Waals surface area contributed by atoms with Gasteiger partial charge in [0, 0.05) is 16.5 Å². The van der Waals surface area contributed by atoms with Gasteiger partial charge in [0.1, 0.15) is 23.7 Å². The van der Waals surface area contributed by atoms with Crippen molar-refractivity contribution in [1.29, 1.82) is 0 Å². The quantitative estimate of drug-likeness (QED) is 0.147. The Morgan fingerprint density at radius 3 is 2.60 bits per heavy atom. The van der Waals surface area contributed by atoms with Gasteiger partial charge in [-0.25, -0.2) is 19.5 Å². The fourth-order valence-electron chi connectivity index (χ4n) is 3.99. The van der Waals surface area contributed by atoms with Crippen LogP contribution in [0.5, 0.6) is 5.75 Å². The van der Waals surface area contributed by atoms with Crippen LogP contribution in [-0.2, 0) is 31.7 Å². The summed E-state index contributed by atoms with van der Waals surface area (Å²) in [5.74, 6) is 2.02. The Bertz CT molecular complexity index is 1450. The van der Waals surface area contributed by atoms with Crippen LogP contribution in [0, 0.1) is 0 Å². The van der Waals surface area contributed by atoms with Crippen molar-refractivity contribution < 1.29 is 23.1 Å². The van der Waals surface area contributed by atoms with Crippen molar-refractivity contribution in [2.75, 3.05) is 23.6 Å². The van der Waals surface area contributed by atoms with Crippen molar-refractivity contribution in [3.63, 3.8) is 0 Å². The second kappa shape index (κ2) is 13.6. The molecule has 1 unspecified atom stereocenters. The SMILES string of the molecule is C[C@H](Cn1cnc2c(N)ncnc21)OCP(=O)(Oc1ccccc1)O[C@H]1CSSC[C@@H]1OCc1ccc(Cl)cc1. The third-order valence-corrected chi connectivity index (χ3v) is 10.2. The van der Waals surface area contributed by atoms with Crippen LogP contribution in [0.1, 0.15) is 12.5 Å². The van der Waals surface area contributed by atoms with Crippen molar-refractivity contribution >= 4 is 57.8 Å². The van der Waals surface area contributed by atoms with Gasteiger partial charge in [-0.2, -0.15) is 0 Å². The number of ether oxygens (including phenoxy) is 2. The van der Waals surface area contributed by atoms with E-state index in [1.165, 1.54) is 6.33 Å². The summed E-state index contributed by atoms with van der Waals surface area (Å²) in [6.45, 7) is 2.66. The predicted octanol–water partition coefficient (Wildman–Crippen LogP) is 6.06. The molecule has 1 aliphatic rings. The summed E-state index contributed by atoms with van der Waals surface area (Å²) in [4.78, 5) is 12.5. The normalized spacial score (nSPS) is 19.8. The molecule has 2 aromatic carbocycles. The number of fused-ring (bicyclic) bond motifs is 1. The largest absolute Gasteiger partial charge is 0.423 e. The molecule has 1 fully saturated rings. The topological polar surface area (TPSA) is 124 Å². The van der Waals surface area contributed by atoms with Crippen molar-refractivity contribution in [2.45, 2.75) is 38.4 Å². The van der Waals surface area contributed by atoms with Crippen LogP contribution < -0.4 is 10.3 Å². The van der Waals surface area contributed by atoms with E-state index in [9.17, 15) is 4.57 Å². The van der Waals surface area contributed by atoms with E-state index in [2.05, 4.69) is 15.0 Å². The first-order chi connectivity index (χ1) is 19.4. The minimum atomic E-state index is -3.76. The maximum absolute atomic E-state index is 14.2. The summed E-state index contributed by atoms with van der Waals surface area (Å²) in [6, 6.07) is 16.5. The highest BCUT2D eigenvalue weighted by molar-refractivity contribution is 8.76. The van der Waals surface area contributed by atoms with Gasteiger partial charge in [-0.1, -0.05) is 63.5 Å². The summed E-state index contributed by atoms with van der Waals surface area (Å²) < 4.78 is 40.4. The Balaban J connectivity index is 1.27. The minimum absolute atomic E-state index is 0.245. The lowest BCUT2D eigenvalue weighted by molar-refractivity contribution is -0.0192. The Morgan fingerprint density at radius 1 is 1.07 bits per heavy atom. The minimum Gasteiger partial charge on any atom is -0.423 e. The number of benzene rings is 2. The molecule has 0 bridgehead atoms. The lowest BCUT2D eigenvalue weighted by Crippen LogP contribution is -2.38. The molecule has 1 saturated heterocycles. The van der Waals surface area contributed by atoms with E-state index in [4.69, 9.17) is 35.9 Å². The van der Waals surface area contributed by atoms with E-state index < -0.39 is 13.7 Å². The number of hydrogen-bond acceptors (Lipinski definition) is 11. The Labute approximate surface area is 245 Å². The third-order valence-electron chi connectivity index (χ3n) is 6.02.